The van der Waals surface area contributed by atoms with Crippen LogP contribution in [-0.4, -0.2) is 5.97 Å². The van der Waals surface area contributed by atoms with Gasteiger partial charge in [0.1, 0.15) is 5.75 Å². The van der Waals surface area contributed by atoms with Crippen LogP contribution in [-0.2, 0) is 4.79 Å². The smallest absolute Gasteiger partial charge is 0.311 e. The molecule has 0 aliphatic carbocycles. The minimum Gasteiger partial charge on any atom is -0.426 e. The van der Waals surface area contributed by atoms with Gasteiger partial charge in [0.05, 0.1) is 6.42 Å². The number of carbonyl (C=O) groups excluding carboxylic acids is 1. The molecule has 0 aliphatic heterocycles. The fourth-order valence-electron chi connectivity index (χ4n) is 1.67. The molecule has 1 aromatic rings. The fraction of sp³-hybridized carbons (Fsp3) is 0.533. The Bertz CT molecular complexity index is 425. The molecule has 0 amide bonds. The van der Waals surface area contributed by atoms with E-state index >= 15 is 0 Å². The molecule has 0 aliphatic rings. The normalized spacial score (nSPS) is 11.4. The van der Waals surface area contributed by atoms with Gasteiger partial charge in [-0.15, -0.1) is 0 Å². The molecule has 0 saturated heterocycles. The van der Waals surface area contributed by atoms with E-state index in [0.717, 1.165) is 22.4 Å². The Hall–Kier alpha value is -1.31. The van der Waals surface area contributed by atoms with E-state index in [2.05, 4.69) is 0 Å². The van der Waals surface area contributed by atoms with Gasteiger partial charge < -0.3 is 4.74 Å². The lowest BCUT2D eigenvalue weighted by atomic mass is 9.92. The van der Waals surface area contributed by atoms with Crippen molar-refractivity contribution >= 4 is 5.97 Å². The Kier molecular flexibility index (Phi) is 3.97. The monoisotopic (exact) mass is 234 g/mol. The van der Waals surface area contributed by atoms with Crippen molar-refractivity contribution in [2.24, 2.45) is 5.41 Å². The van der Waals surface area contributed by atoms with Crippen LogP contribution in [0.3, 0.4) is 0 Å². The Morgan fingerprint density at radius 3 is 2.18 bits per heavy atom. The molecule has 1 aromatic carbocycles. The van der Waals surface area contributed by atoms with E-state index in [1.54, 1.807) is 0 Å². The van der Waals surface area contributed by atoms with Crippen molar-refractivity contribution in [3.8, 4) is 5.75 Å². The predicted octanol–water partition coefficient (Wildman–Crippen LogP) is 3.95. The van der Waals surface area contributed by atoms with Gasteiger partial charge in [0.15, 0.2) is 0 Å². The third-order valence-corrected chi connectivity index (χ3v) is 2.76. The fourth-order valence-corrected chi connectivity index (χ4v) is 1.67. The number of aryl methyl sites for hydroxylation is 2. The molecule has 0 heterocycles. The number of ether oxygens (including phenoxy) is 1. The second-order valence-electron chi connectivity index (χ2n) is 5.86. The molecule has 0 saturated carbocycles. The lowest BCUT2D eigenvalue weighted by Gasteiger charge is -2.18. The van der Waals surface area contributed by atoms with Crippen molar-refractivity contribution in [1.29, 1.82) is 0 Å². The summed E-state index contributed by atoms with van der Waals surface area (Å²) in [5.41, 5.74) is 3.17. The Balaban J connectivity index is 2.89. The number of benzene rings is 1. The van der Waals surface area contributed by atoms with E-state index < -0.39 is 0 Å². The Labute approximate surface area is 104 Å². The Morgan fingerprint density at radius 1 is 1.12 bits per heavy atom. The standard InChI is InChI=1S/C15H22O2/c1-10-7-8-11(2)14(12(10)3)17-13(16)9-15(4,5)6/h7-8H,9H2,1-6H3. The molecule has 0 spiro atoms. The summed E-state index contributed by atoms with van der Waals surface area (Å²) in [5, 5.41) is 0. The van der Waals surface area contributed by atoms with Gasteiger partial charge in [-0.05, 0) is 42.9 Å². The lowest BCUT2D eigenvalue weighted by Crippen LogP contribution is -2.18. The van der Waals surface area contributed by atoms with Crippen molar-refractivity contribution in [2.45, 2.75) is 48.0 Å². The van der Waals surface area contributed by atoms with E-state index in [4.69, 9.17) is 4.74 Å². The highest BCUT2D eigenvalue weighted by molar-refractivity contribution is 5.74. The van der Waals surface area contributed by atoms with Crippen molar-refractivity contribution in [3.63, 3.8) is 0 Å². The van der Waals surface area contributed by atoms with Gasteiger partial charge in [0.2, 0.25) is 0 Å². The van der Waals surface area contributed by atoms with Crippen LogP contribution in [0.15, 0.2) is 12.1 Å². The van der Waals surface area contributed by atoms with Gasteiger partial charge in [-0.25, -0.2) is 0 Å². The molecule has 1 rings (SSSR count). The van der Waals surface area contributed by atoms with E-state index in [1.807, 2.05) is 53.7 Å². The molecule has 2 nitrogen and oxygen atoms in total. The quantitative estimate of drug-likeness (QED) is 0.572. The lowest BCUT2D eigenvalue weighted by molar-refractivity contribution is -0.136. The SMILES string of the molecule is Cc1ccc(C)c(OC(=O)CC(C)(C)C)c1C. The maximum absolute atomic E-state index is 11.8. The molecule has 0 N–H and O–H groups in total. The van der Waals surface area contributed by atoms with Crippen LogP contribution in [0, 0.1) is 26.2 Å². The second-order valence-corrected chi connectivity index (χ2v) is 5.86. The van der Waals surface area contributed by atoms with Crippen LogP contribution in [0.4, 0.5) is 0 Å². The van der Waals surface area contributed by atoms with Crippen LogP contribution >= 0.6 is 0 Å². The summed E-state index contributed by atoms with van der Waals surface area (Å²) in [6.45, 7) is 12.1. The first-order valence-corrected chi connectivity index (χ1v) is 5.98. The maximum Gasteiger partial charge on any atom is 0.311 e. The molecule has 17 heavy (non-hydrogen) atoms. The van der Waals surface area contributed by atoms with E-state index in [0.29, 0.717) is 6.42 Å². The molecular formula is C15H22O2. The minimum absolute atomic E-state index is 0.0390. The second kappa shape index (κ2) is 4.91. The number of carbonyl (C=O) groups is 1. The highest BCUT2D eigenvalue weighted by Gasteiger charge is 2.19. The molecule has 94 valence electrons. The number of rotatable bonds is 2. The van der Waals surface area contributed by atoms with Gasteiger partial charge >= 0.3 is 5.97 Å². The van der Waals surface area contributed by atoms with Gasteiger partial charge in [-0.1, -0.05) is 32.9 Å². The summed E-state index contributed by atoms with van der Waals surface area (Å²) in [5.74, 6) is 0.563. The zero-order chi connectivity index (χ0) is 13.2. The van der Waals surface area contributed by atoms with Gasteiger partial charge in [-0.2, -0.15) is 0 Å². The van der Waals surface area contributed by atoms with E-state index in [-0.39, 0.29) is 11.4 Å². The van der Waals surface area contributed by atoms with Crippen LogP contribution in [0.25, 0.3) is 0 Å². The third-order valence-electron chi connectivity index (χ3n) is 2.76. The zero-order valence-corrected chi connectivity index (χ0v) is 11.7. The largest absolute Gasteiger partial charge is 0.426 e. The summed E-state index contributed by atoms with van der Waals surface area (Å²) in [6.07, 6.45) is 0.430. The molecular weight excluding hydrogens is 212 g/mol. The third kappa shape index (κ3) is 3.88. The highest BCUT2D eigenvalue weighted by Crippen LogP contribution is 2.27. The number of hydrogen-bond donors (Lipinski definition) is 0. The van der Waals surface area contributed by atoms with Crippen LogP contribution in [0.5, 0.6) is 5.75 Å². The van der Waals surface area contributed by atoms with E-state index in [1.165, 1.54) is 0 Å². The molecule has 0 bridgehead atoms. The van der Waals surface area contributed by atoms with Crippen molar-refractivity contribution < 1.29 is 9.53 Å². The predicted molar refractivity (Wildman–Crippen MR) is 70.4 cm³/mol. The zero-order valence-electron chi connectivity index (χ0n) is 11.7. The van der Waals surface area contributed by atoms with Crippen molar-refractivity contribution in [2.75, 3.05) is 0 Å². The molecule has 0 unspecified atom stereocenters. The van der Waals surface area contributed by atoms with Gasteiger partial charge in [0.25, 0.3) is 0 Å². The first kappa shape index (κ1) is 13.8. The molecule has 0 atom stereocenters. The van der Waals surface area contributed by atoms with Crippen molar-refractivity contribution in [3.05, 3.63) is 28.8 Å². The summed E-state index contributed by atoms with van der Waals surface area (Å²) >= 11 is 0. The van der Waals surface area contributed by atoms with Crippen LogP contribution in [0.2, 0.25) is 0 Å². The molecule has 0 fully saturated rings. The topological polar surface area (TPSA) is 26.3 Å². The van der Waals surface area contributed by atoms with Crippen molar-refractivity contribution in [1.82, 2.24) is 0 Å². The average Bonchev–Trinajstić information content (AvgIpc) is 2.16. The van der Waals surface area contributed by atoms with Crippen LogP contribution < -0.4 is 4.74 Å². The number of esters is 1. The summed E-state index contributed by atoms with van der Waals surface area (Å²) in [6, 6.07) is 4.04. The summed E-state index contributed by atoms with van der Waals surface area (Å²) in [4.78, 5) is 11.8. The number of hydrogen-bond acceptors (Lipinski definition) is 2. The highest BCUT2D eigenvalue weighted by atomic mass is 16.5. The average molecular weight is 234 g/mol. The summed E-state index contributed by atoms with van der Waals surface area (Å²) < 4.78 is 5.49. The first-order valence-electron chi connectivity index (χ1n) is 5.98. The molecule has 0 aromatic heterocycles. The molecule has 2 heteroatoms. The maximum atomic E-state index is 11.8. The Morgan fingerprint density at radius 2 is 1.65 bits per heavy atom. The van der Waals surface area contributed by atoms with Gasteiger partial charge in [0, 0.05) is 0 Å². The molecule has 0 radical (unpaired) electrons. The summed E-state index contributed by atoms with van der Waals surface area (Å²) in [7, 11) is 0. The first-order chi connectivity index (χ1) is 7.70. The van der Waals surface area contributed by atoms with Gasteiger partial charge in [-0.3, -0.25) is 4.79 Å². The minimum atomic E-state index is -0.158. The van der Waals surface area contributed by atoms with E-state index in [9.17, 15) is 4.79 Å². The van der Waals surface area contributed by atoms with Crippen LogP contribution in [0.1, 0.15) is 43.9 Å².